The molecule has 0 heterocycles. The average molecular weight is 190 g/mol. The molecule has 0 radical (unpaired) electrons. The van der Waals surface area contributed by atoms with Crippen LogP contribution in [-0.4, -0.2) is 23.9 Å². The number of ether oxygens (including phenoxy) is 1. The Labute approximate surface area is 81.7 Å². The maximum Gasteiger partial charge on any atom is 0.326 e. The van der Waals surface area contributed by atoms with Gasteiger partial charge in [-0.1, -0.05) is 30.3 Å². The molecule has 1 aromatic rings. The normalized spacial score (nSPS) is 11.5. The lowest BCUT2D eigenvalue weighted by atomic mass is 10.1. The molecule has 0 unspecified atom stereocenters. The zero-order valence-corrected chi connectivity index (χ0v) is 7.75. The summed E-state index contributed by atoms with van der Waals surface area (Å²) in [6.45, 7) is 0. The fourth-order valence-corrected chi connectivity index (χ4v) is 1.17. The minimum Gasteiger partial charge on any atom is -0.368 e. The Kier molecular flexibility index (Phi) is 3.73. The van der Waals surface area contributed by atoms with Crippen LogP contribution in [0.4, 0.5) is 0 Å². The summed E-state index contributed by atoms with van der Waals surface area (Å²) in [5, 5.41) is 0. The molecule has 0 spiro atoms. The summed E-state index contributed by atoms with van der Waals surface area (Å²) in [6.07, 6.45) is 0.133. The van der Waals surface area contributed by atoms with Crippen molar-refractivity contribution in [3.63, 3.8) is 0 Å². The maximum absolute atomic E-state index is 11.3. The standard InChI is InChI=1S/C10H10N2O2/c1-14-10(9(13)7-12-11)8-5-3-2-4-6-8/h2-7,10H,1H3/t10-/m0/s1. The molecular weight excluding hydrogens is 180 g/mol. The minimum atomic E-state index is -0.702. The van der Waals surface area contributed by atoms with Gasteiger partial charge in [0.05, 0.1) is 0 Å². The molecule has 1 rings (SSSR count). The highest BCUT2D eigenvalue weighted by atomic mass is 16.5. The quantitative estimate of drug-likeness (QED) is 0.407. The maximum atomic E-state index is 11.3. The molecule has 0 saturated carbocycles. The van der Waals surface area contributed by atoms with Crippen molar-refractivity contribution in [2.75, 3.05) is 7.11 Å². The molecule has 0 aliphatic carbocycles. The van der Waals surface area contributed by atoms with E-state index >= 15 is 0 Å². The number of carbonyl (C=O) groups is 1. The first-order valence-corrected chi connectivity index (χ1v) is 4.08. The van der Waals surface area contributed by atoms with Crippen molar-refractivity contribution in [2.24, 2.45) is 0 Å². The van der Waals surface area contributed by atoms with Gasteiger partial charge in [0.2, 0.25) is 0 Å². The molecule has 0 N–H and O–H groups in total. The molecule has 14 heavy (non-hydrogen) atoms. The summed E-state index contributed by atoms with van der Waals surface area (Å²) in [4.78, 5) is 14.0. The highest BCUT2D eigenvalue weighted by molar-refractivity contribution is 6.27. The van der Waals surface area contributed by atoms with Gasteiger partial charge in [-0.3, -0.25) is 4.79 Å². The Morgan fingerprint density at radius 3 is 2.64 bits per heavy atom. The van der Waals surface area contributed by atoms with Crippen LogP contribution in [0, 0.1) is 0 Å². The number of nitrogens with zero attached hydrogens (tertiary/aromatic N) is 2. The number of benzene rings is 1. The Morgan fingerprint density at radius 1 is 1.50 bits per heavy atom. The highest BCUT2D eigenvalue weighted by Crippen LogP contribution is 2.15. The Morgan fingerprint density at radius 2 is 2.14 bits per heavy atom. The van der Waals surface area contributed by atoms with Crippen molar-refractivity contribution in [3.05, 3.63) is 41.4 Å². The molecule has 0 saturated heterocycles. The van der Waals surface area contributed by atoms with E-state index in [-0.39, 0.29) is 5.78 Å². The second-order valence-corrected chi connectivity index (χ2v) is 2.67. The van der Waals surface area contributed by atoms with Gasteiger partial charge in [-0.25, -0.2) is 0 Å². The van der Waals surface area contributed by atoms with Gasteiger partial charge in [0.15, 0.2) is 6.10 Å². The largest absolute Gasteiger partial charge is 0.368 e. The molecule has 1 aromatic carbocycles. The summed E-state index contributed by atoms with van der Waals surface area (Å²) in [5.74, 6) is -0.388. The summed E-state index contributed by atoms with van der Waals surface area (Å²) in [5.41, 5.74) is 8.96. The number of Topliss-reactive ketones (excluding diaryl/α,β-unsaturated/α-hetero) is 1. The zero-order chi connectivity index (χ0) is 10.4. The third kappa shape index (κ3) is 2.36. The number of hydrogen-bond acceptors (Lipinski definition) is 2. The molecule has 0 bridgehead atoms. The molecule has 0 aliphatic heterocycles. The van der Waals surface area contributed by atoms with Gasteiger partial charge in [-0.05, 0) is 5.56 Å². The molecule has 0 fully saturated rings. The van der Waals surface area contributed by atoms with E-state index in [1.54, 1.807) is 12.1 Å². The van der Waals surface area contributed by atoms with Gasteiger partial charge in [-0.2, -0.15) is 4.79 Å². The van der Waals surface area contributed by atoms with E-state index in [1.807, 2.05) is 18.2 Å². The number of hydrogen-bond donors (Lipinski definition) is 0. The van der Waals surface area contributed by atoms with Crippen LogP contribution in [0.1, 0.15) is 11.7 Å². The minimum absolute atomic E-state index is 0.388. The van der Waals surface area contributed by atoms with Crippen LogP contribution in [0.3, 0.4) is 0 Å². The third-order valence-electron chi connectivity index (χ3n) is 1.78. The van der Waals surface area contributed by atoms with Crippen molar-refractivity contribution >= 4 is 12.0 Å². The first-order valence-electron chi connectivity index (χ1n) is 4.08. The van der Waals surface area contributed by atoms with Gasteiger partial charge in [0.1, 0.15) is 0 Å². The van der Waals surface area contributed by atoms with Crippen LogP contribution in [0.15, 0.2) is 30.3 Å². The topological polar surface area (TPSA) is 62.7 Å². The van der Waals surface area contributed by atoms with Gasteiger partial charge in [0, 0.05) is 7.11 Å². The van der Waals surface area contributed by atoms with Gasteiger partial charge >= 0.3 is 6.21 Å². The molecule has 0 aliphatic rings. The van der Waals surface area contributed by atoms with Crippen LogP contribution in [0.2, 0.25) is 0 Å². The highest BCUT2D eigenvalue weighted by Gasteiger charge is 2.20. The number of rotatable bonds is 4. The second kappa shape index (κ2) is 5.07. The first kappa shape index (κ1) is 10.3. The smallest absolute Gasteiger partial charge is 0.326 e. The Hall–Kier alpha value is -1.77. The SMILES string of the molecule is CO[C@H](C(=O)C=[N+]=[N-])c1ccccc1. The lowest BCUT2D eigenvalue weighted by Gasteiger charge is -2.09. The Balaban J connectivity index is 2.93. The van der Waals surface area contributed by atoms with Crippen LogP contribution < -0.4 is 0 Å². The molecule has 4 heteroatoms. The van der Waals surface area contributed by atoms with Crippen molar-refractivity contribution < 1.29 is 14.3 Å². The fourth-order valence-electron chi connectivity index (χ4n) is 1.17. The third-order valence-corrected chi connectivity index (χ3v) is 1.78. The van der Waals surface area contributed by atoms with Crippen molar-refractivity contribution in [2.45, 2.75) is 6.10 Å². The first-order chi connectivity index (χ1) is 6.79. The van der Waals surface area contributed by atoms with Crippen molar-refractivity contribution in [1.82, 2.24) is 0 Å². The van der Waals surface area contributed by atoms with Gasteiger partial charge < -0.3 is 10.3 Å². The Bertz CT molecular complexity index is 356. The van der Waals surface area contributed by atoms with Crippen LogP contribution in [0.25, 0.3) is 5.53 Å². The average Bonchev–Trinajstić information content (AvgIpc) is 2.21. The second-order valence-electron chi connectivity index (χ2n) is 2.67. The fraction of sp³-hybridized carbons (Fsp3) is 0.200. The van der Waals surface area contributed by atoms with Crippen LogP contribution in [0.5, 0.6) is 0 Å². The van der Waals surface area contributed by atoms with Crippen LogP contribution >= 0.6 is 0 Å². The van der Waals surface area contributed by atoms with E-state index in [9.17, 15) is 4.79 Å². The van der Waals surface area contributed by atoms with Crippen LogP contribution in [-0.2, 0) is 9.53 Å². The predicted octanol–water partition coefficient (Wildman–Crippen LogP) is 1.24. The number of carbonyl (C=O) groups excluding carboxylic acids is 1. The van der Waals surface area contributed by atoms with Gasteiger partial charge in [-0.15, -0.1) is 0 Å². The van der Waals surface area contributed by atoms with E-state index in [4.69, 9.17) is 10.3 Å². The molecule has 4 nitrogen and oxygen atoms in total. The zero-order valence-electron chi connectivity index (χ0n) is 7.75. The van der Waals surface area contributed by atoms with E-state index in [0.29, 0.717) is 0 Å². The monoisotopic (exact) mass is 190 g/mol. The summed E-state index contributed by atoms with van der Waals surface area (Å²) >= 11 is 0. The summed E-state index contributed by atoms with van der Waals surface area (Å²) < 4.78 is 5.00. The van der Waals surface area contributed by atoms with Crippen molar-refractivity contribution in [1.29, 1.82) is 0 Å². The van der Waals surface area contributed by atoms with E-state index in [0.717, 1.165) is 11.8 Å². The van der Waals surface area contributed by atoms with E-state index in [2.05, 4.69) is 4.79 Å². The lowest BCUT2D eigenvalue weighted by molar-refractivity contribution is -0.125. The molecule has 0 aromatic heterocycles. The molecule has 0 amide bonds. The number of ketones is 1. The van der Waals surface area contributed by atoms with Gasteiger partial charge in [0.25, 0.3) is 5.78 Å². The predicted molar refractivity (Wildman–Crippen MR) is 50.9 cm³/mol. The number of methoxy groups -OCH3 is 1. The van der Waals surface area contributed by atoms with E-state index < -0.39 is 6.10 Å². The molecular formula is C10H10N2O2. The van der Waals surface area contributed by atoms with Crippen molar-refractivity contribution in [3.8, 4) is 0 Å². The molecule has 1 atom stereocenters. The lowest BCUT2D eigenvalue weighted by Crippen LogP contribution is -2.15. The summed E-state index contributed by atoms with van der Waals surface area (Å²) in [7, 11) is 1.43. The summed E-state index contributed by atoms with van der Waals surface area (Å²) in [6, 6.07) is 9.02. The van der Waals surface area contributed by atoms with E-state index in [1.165, 1.54) is 7.11 Å². The molecule has 72 valence electrons.